The Bertz CT molecular complexity index is 351. The molecule has 0 radical (unpaired) electrons. The van der Waals surface area contributed by atoms with Crippen molar-refractivity contribution in [3.63, 3.8) is 0 Å². The highest BCUT2D eigenvalue weighted by molar-refractivity contribution is 9.10. The minimum Gasteiger partial charge on any atom is -0.598 e. The van der Waals surface area contributed by atoms with Crippen LogP contribution in [0.15, 0.2) is 28.7 Å². The second-order valence-corrected chi connectivity index (χ2v) is 7.59. The van der Waals surface area contributed by atoms with E-state index in [1.54, 1.807) is 0 Å². The van der Waals surface area contributed by atoms with Gasteiger partial charge < -0.3 is 4.55 Å². The smallest absolute Gasteiger partial charge is 0.136 e. The highest BCUT2D eigenvalue weighted by atomic mass is 79.9. The summed E-state index contributed by atoms with van der Waals surface area (Å²) in [5.41, 5.74) is 1.13. The van der Waals surface area contributed by atoms with E-state index >= 15 is 0 Å². The molecule has 0 amide bonds. The highest BCUT2D eigenvalue weighted by Crippen LogP contribution is 2.25. The lowest BCUT2D eigenvalue weighted by atomic mass is 10.1. The largest absolute Gasteiger partial charge is 0.598 e. The van der Waals surface area contributed by atoms with E-state index in [0.29, 0.717) is 0 Å². The third-order valence-electron chi connectivity index (χ3n) is 2.21. The van der Waals surface area contributed by atoms with Crippen molar-refractivity contribution in [3.05, 3.63) is 34.3 Å². The zero-order chi connectivity index (χ0) is 12.3. The molecule has 0 aromatic heterocycles. The molecular weight excluding hydrogens is 286 g/mol. The SMILES string of the molecule is C[C@@H](N[S@@+]([O-])C(C)(C)C)c1ccccc1Br. The molecule has 0 bridgehead atoms. The molecule has 0 aliphatic heterocycles. The van der Waals surface area contributed by atoms with Gasteiger partial charge in [0.2, 0.25) is 0 Å². The molecule has 0 fully saturated rings. The number of nitrogens with one attached hydrogen (secondary N) is 1. The van der Waals surface area contributed by atoms with Crippen LogP contribution in [0.5, 0.6) is 0 Å². The molecule has 16 heavy (non-hydrogen) atoms. The van der Waals surface area contributed by atoms with Crippen LogP contribution in [-0.2, 0) is 11.4 Å². The van der Waals surface area contributed by atoms with Crippen molar-refractivity contribution >= 4 is 27.3 Å². The monoisotopic (exact) mass is 303 g/mol. The molecule has 1 rings (SSSR count). The minimum atomic E-state index is -1.05. The lowest BCUT2D eigenvalue weighted by Gasteiger charge is -2.26. The van der Waals surface area contributed by atoms with Crippen molar-refractivity contribution in [2.45, 2.75) is 38.5 Å². The number of hydrogen-bond acceptors (Lipinski definition) is 2. The van der Waals surface area contributed by atoms with Gasteiger partial charge in [0.25, 0.3) is 0 Å². The molecule has 90 valence electrons. The molecule has 0 spiro atoms. The van der Waals surface area contributed by atoms with E-state index in [2.05, 4.69) is 20.7 Å². The number of halogens is 1. The van der Waals surface area contributed by atoms with E-state index in [4.69, 9.17) is 0 Å². The average Bonchev–Trinajstić information content (AvgIpc) is 2.16. The van der Waals surface area contributed by atoms with Crippen LogP contribution in [0.25, 0.3) is 0 Å². The maximum Gasteiger partial charge on any atom is 0.136 e. The molecule has 0 heterocycles. The van der Waals surface area contributed by atoms with E-state index in [9.17, 15) is 4.55 Å². The van der Waals surface area contributed by atoms with Gasteiger partial charge in [-0.3, -0.25) is 0 Å². The quantitative estimate of drug-likeness (QED) is 0.867. The topological polar surface area (TPSA) is 35.1 Å². The van der Waals surface area contributed by atoms with Gasteiger partial charge in [-0.25, -0.2) is 0 Å². The van der Waals surface area contributed by atoms with Gasteiger partial charge in [-0.15, -0.1) is 4.72 Å². The first-order valence-corrected chi connectivity index (χ1v) is 7.19. The van der Waals surface area contributed by atoms with E-state index in [1.165, 1.54) is 0 Å². The fourth-order valence-electron chi connectivity index (χ4n) is 1.23. The standard InChI is InChI=1S/C12H18BrNOS/c1-9(14-16(15)12(2,3)4)10-7-5-6-8-11(10)13/h5-9,14H,1-4H3/t9-,16+/m1/s1. The molecule has 1 aromatic rings. The maximum atomic E-state index is 11.9. The predicted octanol–water partition coefficient (Wildman–Crippen LogP) is 3.56. The summed E-state index contributed by atoms with van der Waals surface area (Å²) in [5, 5.41) is 0. The van der Waals surface area contributed by atoms with Gasteiger partial charge in [0.15, 0.2) is 0 Å². The molecule has 2 atom stereocenters. The zero-order valence-corrected chi connectivity index (χ0v) is 12.5. The van der Waals surface area contributed by atoms with Crippen LogP contribution in [0.3, 0.4) is 0 Å². The molecule has 1 aromatic carbocycles. The van der Waals surface area contributed by atoms with Crippen LogP contribution in [-0.4, -0.2) is 9.30 Å². The van der Waals surface area contributed by atoms with Gasteiger partial charge >= 0.3 is 0 Å². The fraction of sp³-hybridized carbons (Fsp3) is 0.500. The van der Waals surface area contributed by atoms with Crippen LogP contribution < -0.4 is 4.72 Å². The average molecular weight is 304 g/mol. The summed E-state index contributed by atoms with van der Waals surface area (Å²) in [4.78, 5) is 0. The summed E-state index contributed by atoms with van der Waals surface area (Å²) in [7, 11) is 0. The zero-order valence-electron chi connectivity index (χ0n) is 10.1. The summed E-state index contributed by atoms with van der Waals surface area (Å²) < 4.78 is 15.9. The van der Waals surface area contributed by atoms with Crippen LogP contribution in [0.1, 0.15) is 39.3 Å². The molecule has 0 aliphatic carbocycles. The molecular formula is C12H18BrNOS. The van der Waals surface area contributed by atoms with Crippen LogP contribution in [0.2, 0.25) is 0 Å². The van der Waals surface area contributed by atoms with Crippen LogP contribution in [0.4, 0.5) is 0 Å². The molecule has 0 aliphatic rings. The molecule has 0 saturated heterocycles. The van der Waals surface area contributed by atoms with Crippen molar-refractivity contribution in [2.75, 3.05) is 0 Å². The van der Waals surface area contributed by atoms with Gasteiger partial charge in [-0.2, -0.15) is 0 Å². The maximum absolute atomic E-state index is 11.9. The lowest BCUT2D eigenvalue weighted by molar-refractivity contribution is 0.531. The molecule has 0 saturated carbocycles. The van der Waals surface area contributed by atoms with Gasteiger partial charge in [-0.05, 0) is 39.3 Å². The first kappa shape index (κ1) is 14.0. The Morgan fingerprint density at radius 3 is 2.38 bits per heavy atom. The van der Waals surface area contributed by atoms with Gasteiger partial charge in [0, 0.05) is 15.8 Å². The Hall–Kier alpha value is -0.0300. The van der Waals surface area contributed by atoms with E-state index in [-0.39, 0.29) is 10.8 Å². The van der Waals surface area contributed by atoms with E-state index < -0.39 is 11.4 Å². The summed E-state index contributed by atoms with van der Waals surface area (Å²) in [5.74, 6) is 0. The van der Waals surface area contributed by atoms with Crippen molar-refractivity contribution in [1.82, 2.24) is 4.72 Å². The van der Waals surface area contributed by atoms with Crippen molar-refractivity contribution < 1.29 is 4.55 Å². The third kappa shape index (κ3) is 3.77. The molecule has 0 unspecified atom stereocenters. The van der Waals surface area contributed by atoms with Crippen molar-refractivity contribution in [1.29, 1.82) is 0 Å². The summed E-state index contributed by atoms with van der Waals surface area (Å²) >= 11 is 2.45. The minimum absolute atomic E-state index is 0.0654. The van der Waals surface area contributed by atoms with Gasteiger partial charge in [0.05, 0.1) is 6.04 Å². The van der Waals surface area contributed by atoms with E-state index in [0.717, 1.165) is 10.0 Å². The normalized spacial score (nSPS) is 15.9. The number of rotatable bonds is 3. The first-order chi connectivity index (χ1) is 7.32. The van der Waals surface area contributed by atoms with Gasteiger partial charge in [-0.1, -0.05) is 34.1 Å². The Labute approximate surface area is 109 Å². The molecule has 4 heteroatoms. The number of hydrogen-bond donors (Lipinski definition) is 1. The Morgan fingerprint density at radius 1 is 1.31 bits per heavy atom. The second kappa shape index (κ2) is 5.54. The lowest BCUT2D eigenvalue weighted by Crippen LogP contribution is -2.40. The van der Waals surface area contributed by atoms with Crippen molar-refractivity contribution in [3.8, 4) is 0 Å². The highest BCUT2D eigenvalue weighted by Gasteiger charge is 2.28. The Kier molecular flexibility index (Phi) is 4.86. The summed E-state index contributed by atoms with van der Waals surface area (Å²) in [6, 6.07) is 8.05. The molecule has 2 nitrogen and oxygen atoms in total. The third-order valence-corrected chi connectivity index (χ3v) is 4.61. The van der Waals surface area contributed by atoms with E-state index in [1.807, 2.05) is 52.0 Å². The predicted molar refractivity (Wildman–Crippen MR) is 73.6 cm³/mol. The summed E-state index contributed by atoms with van der Waals surface area (Å²) in [6.07, 6.45) is 0. The Balaban J connectivity index is 2.73. The fourth-order valence-corrected chi connectivity index (χ4v) is 2.66. The first-order valence-electron chi connectivity index (χ1n) is 5.25. The van der Waals surface area contributed by atoms with Crippen molar-refractivity contribution in [2.24, 2.45) is 0 Å². The van der Waals surface area contributed by atoms with Gasteiger partial charge in [0.1, 0.15) is 4.75 Å². The van der Waals surface area contributed by atoms with Crippen LogP contribution in [0, 0.1) is 0 Å². The second-order valence-electron chi connectivity index (χ2n) is 4.74. The summed E-state index contributed by atoms with van der Waals surface area (Å²) in [6.45, 7) is 7.90. The molecule has 1 N–H and O–H groups in total. The number of benzene rings is 1. The Morgan fingerprint density at radius 2 is 1.88 bits per heavy atom. The van der Waals surface area contributed by atoms with Crippen LogP contribution >= 0.6 is 15.9 Å².